The molecule has 40 heavy (non-hydrogen) atoms. The van der Waals surface area contributed by atoms with E-state index >= 15 is 0 Å². The van der Waals surface area contributed by atoms with Crippen LogP contribution in [0.4, 0.5) is 0 Å². The van der Waals surface area contributed by atoms with Gasteiger partial charge in [-0.1, -0.05) is 53.9 Å². The Labute approximate surface area is 246 Å². The number of ether oxygens (including phenoxy) is 4. The van der Waals surface area contributed by atoms with Crippen LogP contribution in [0.25, 0.3) is 0 Å². The van der Waals surface area contributed by atoms with Crippen molar-refractivity contribution in [2.24, 2.45) is 52.3 Å². The zero-order valence-corrected chi connectivity index (χ0v) is 26.6. The lowest BCUT2D eigenvalue weighted by atomic mass is 9.45. The van der Waals surface area contributed by atoms with Gasteiger partial charge < -0.3 is 24.1 Å². The van der Waals surface area contributed by atoms with Crippen LogP contribution >= 0.6 is 0 Å². The smallest absolute Gasteiger partial charge is 0.111 e. The molecule has 0 radical (unpaired) electrons. The van der Waals surface area contributed by atoms with Gasteiger partial charge in [0.2, 0.25) is 0 Å². The molecule has 0 aromatic carbocycles. The van der Waals surface area contributed by atoms with Gasteiger partial charge in [0.1, 0.15) is 6.61 Å². The minimum absolute atomic E-state index is 0.0548. The van der Waals surface area contributed by atoms with Crippen molar-refractivity contribution >= 4 is 0 Å². The number of fused-ring (bicyclic) bond motifs is 5. The average molecular weight is 563 g/mol. The minimum Gasteiger partial charge on any atom is -0.496 e. The van der Waals surface area contributed by atoms with Crippen molar-refractivity contribution in [1.29, 1.82) is 0 Å². The SMILES string of the molecule is CC(C)CCCC(C)C1CCC2C3CCC4C=C(OCCOCCOCCOCCO)CCC4(C)C3CCC12C. The van der Waals surface area contributed by atoms with Crippen LogP contribution in [0.1, 0.15) is 105 Å². The summed E-state index contributed by atoms with van der Waals surface area (Å²) in [6.45, 7) is 16.5. The Hall–Kier alpha value is -0.620. The molecule has 0 spiro atoms. The number of aliphatic hydroxyl groups excluding tert-OH is 1. The first-order chi connectivity index (χ1) is 19.3. The first-order valence-electron chi connectivity index (χ1n) is 17.0. The molecule has 1 N–H and O–H groups in total. The van der Waals surface area contributed by atoms with Crippen LogP contribution in [0, 0.1) is 52.3 Å². The van der Waals surface area contributed by atoms with Gasteiger partial charge in [0.15, 0.2) is 0 Å². The molecule has 4 aliphatic rings. The molecule has 8 atom stereocenters. The third kappa shape index (κ3) is 7.66. The standard InChI is InChI=1S/C35H62O5/c1-26(2)7-6-8-27(3)31-11-12-32-30-10-9-28-25-29(13-15-34(28,4)33(30)14-16-35(31,32)5)40-24-23-39-22-21-38-20-19-37-18-17-36/h25-28,30-33,36H,6-24H2,1-5H3. The molecule has 0 aromatic rings. The van der Waals surface area contributed by atoms with E-state index in [4.69, 9.17) is 24.1 Å². The van der Waals surface area contributed by atoms with Gasteiger partial charge in [0.05, 0.1) is 52.0 Å². The minimum atomic E-state index is 0.0548. The number of allylic oxidation sites excluding steroid dienone is 2. The van der Waals surface area contributed by atoms with E-state index in [2.05, 4.69) is 40.7 Å². The van der Waals surface area contributed by atoms with Crippen LogP contribution in [-0.2, 0) is 18.9 Å². The van der Waals surface area contributed by atoms with Gasteiger partial charge in [-0.25, -0.2) is 0 Å². The van der Waals surface area contributed by atoms with Crippen molar-refractivity contribution < 1.29 is 24.1 Å². The quantitative estimate of drug-likeness (QED) is 0.184. The maximum absolute atomic E-state index is 8.69. The van der Waals surface area contributed by atoms with Gasteiger partial charge in [-0.2, -0.15) is 0 Å². The van der Waals surface area contributed by atoms with Gasteiger partial charge in [-0.3, -0.25) is 0 Å². The van der Waals surface area contributed by atoms with Gasteiger partial charge >= 0.3 is 0 Å². The molecular formula is C35H62O5. The van der Waals surface area contributed by atoms with E-state index in [0.717, 1.165) is 41.9 Å². The van der Waals surface area contributed by atoms with Crippen molar-refractivity contribution in [2.45, 2.75) is 105 Å². The van der Waals surface area contributed by atoms with Crippen molar-refractivity contribution in [3.8, 4) is 0 Å². The van der Waals surface area contributed by atoms with Crippen LogP contribution in [0.15, 0.2) is 11.8 Å². The Bertz CT molecular complexity index is 782. The van der Waals surface area contributed by atoms with E-state index < -0.39 is 0 Å². The maximum Gasteiger partial charge on any atom is 0.111 e. The summed E-state index contributed by atoms with van der Waals surface area (Å²) in [6.07, 6.45) is 17.8. The third-order valence-electron chi connectivity index (χ3n) is 11.9. The summed E-state index contributed by atoms with van der Waals surface area (Å²) >= 11 is 0. The molecule has 5 nitrogen and oxygen atoms in total. The van der Waals surface area contributed by atoms with E-state index in [1.54, 1.807) is 0 Å². The molecule has 232 valence electrons. The monoisotopic (exact) mass is 562 g/mol. The second kappa shape index (κ2) is 15.2. The largest absolute Gasteiger partial charge is 0.496 e. The zero-order chi connectivity index (χ0) is 28.6. The van der Waals surface area contributed by atoms with Gasteiger partial charge in [-0.05, 0) is 103 Å². The summed E-state index contributed by atoms with van der Waals surface area (Å²) in [5.41, 5.74) is 1.03. The fraction of sp³-hybridized carbons (Fsp3) is 0.943. The molecule has 0 aliphatic heterocycles. The number of rotatable bonds is 17. The Morgan fingerprint density at radius 3 is 2.15 bits per heavy atom. The van der Waals surface area contributed by atoms with Crippen molar-refractivity contribution in [3.05, 3.63) is 11.8 Å². The molecule has 5 heteroatoms. The molecule has 0 aromatic heterocycles. The summed E-state index contributed by atoms with van der Waals surface area (Å²) < 4.78 is 22.6. The second-order valence-electron chi connectivity index (χ2n) is 14.6. The van der Waals surface area contributed by atoms with E-state index in [1.165, 1.54) is 70.0 Å². The van der Waals surface area contributed by atoms with Crippen LogP contribution in [-0.4, -0.2) is 58.0 Å². The Kier molecular flexibility index (Phi) is 12.3. The van der Waals surface area contributed by atoms with E-state index in [-0.39, 0.29) is 6.61 Å². The molecule has 8 unspecified atom stereocenters. The average Bonchev–Trinajstić information content (AvgIpc) is 3.29. The molecule has 0 heterocycles. The first-order valence-corrected chi connectivity index (χ1v) is 17.0. The van der Waals surface area contributed by atoms with Crippen molar-refractivity contribution in [1.82, 2.24) is 0 Å². The van der Waals surface area contributed by atoms with Crippen molar-refractivity contribution in [3.63, 3.8) is 0 Å². The van der Waals surface area contributed by atoms with Gasteiger partial charge in [0, 0.05) is 6.42 Å². The fourth-order valence-corrected chi connectivity index (χ4v) is 9.81. The molecule has 3 saturated carbocycles. The highest BCUT2D eigenvalue weighted by Crippen LogP contribution is 2.68. The highest BCUT2D eigenvalue weighted by molar-refractivity contribution is 5.16. The van der Waals surface area contributed by atoms with E-state index in [0.29, 0.717) is 63.0 Å². The van der Waals surface area contributed by atoms with E-state index in [1.807, 2.05) is 0 Å². The summed E-state index contributed by atoms with van der Waals surface area (Å²) in [4.78, 5) is 0. The topological polar surface area (TPSA) is 57.2 Å². The van der Waals surface area contributed by atoms with Gasteiger partial charge in [-0.15, -0.1) is 0 Å². The fourth-order valence-electron chi connectivity index (χ4n) is 9.81. The lowest BCUT2D eigenvalue weighted by Crippen LogP contribution is -2.52. The Balaban J connectivity index is 1.21. The highest BCUT2D eigenvalue weighted by Gasteiger charge is 2.60. The Morgan fingerprint density at radius 2 is 1.45 bits per heavy atom. The highest BCUT2D eigenvalue weighted by atomic mass is 16.6. The summed E-state index contributed by atoms with van der Waals surface area (Å²) in [6, 6.07) is 0. The first kappa shape index (κ1) is 32.3. The molecule has 0 amide bonds. The summed E-state index contributed by atoms with van der Waals surface area (Å²) in [7, 11) is 0. The molecule has 0 bridgehead atoms. The lowest BCUT2D eigenvalue weighted by molar-refractivity contribution is -0.0991. The lowest BCUT2D eigenvalue weighted by Gasteiger charge is -2.60. The number of aliphatic hydroxyl groups is 1. The van der Waals surface area contributed by atoms with E-state index in [9.17, 15) is 0 Å². The molecule has 3 fully saturated rings. The third-order valence-corrected chi connectivity index (χ3v) is 11.9. The summed E-state index contributed by atoms with van der Waals surface area (Å²) in [5, 5.41) is 8.69. The second-order valence-corrected chi connectivity index (χ2v) is 14.6. The maximum atomic E-state index is 8.69. The molecule has 4 rings (SSSR count). The number of hydrogen-bond donors (Lipinski definition) is 1. The van der Waals surface area contributed by atoms with Crippen LogP contribution in [0.5, 0.6) is 0 Å². The molecular weight excluding hydrogens is 500 g/mol. The van der Waals surface area contributed by atoms with Gasteiger partial charge in [0.25, 0.3) is 0 Å². The normalized spacial score (nSPS) is 36.1. The predicted octanol–water partition coefficient (Wildman–Crippen LogP) is 7.66. The van der Waals surface area contributed by atoms with Crippen LogP contribution in [0.3, 0.4) is 0 Å². The molecule has 0 saturated heterocycles. The Morgan fingerprint density at radius 1 is 0.775 bits per heavy atom. The van der Waals surface area contributed by atoms with Crippen molar-refractivity contribution in [2.75, 3.05) is 52.9 Å². The zero-order valence-electron chi connectivity index (χ0n) is 26.6. The summed E-state index contributed by atoms with van der Waals surface area (Å²) in [5.74, 6) is 7.36. The molecule has 4 aliphatic carbocycles. The van der Waals surface area contributed by atoms with Crippen LogP contribution < -0.4 is 0 Å². The van der Waals surface area contributed by atoms with Crippen LogP contribution in [0.2, 0.25) is 0 Å². The number of hydrogen-bond acceptors (Lipinski definition) is 5. The predicted molar refractivity (Wildman–Crippen MR) is 162 cm³/mol.